The lowest BCUT2D eigenvalue weighted by atomic mass is 9.86. The van der Waals surface area contributed by atoms with Crippen LogP contribution >= 0.6 is 11.6 Å². The Kier molecular flexibility index (Phi) is 2.99. The van der Waals surface area contributed by atoms with E-state index in [-0.39, 0.29) is 11.6 Å². The Bertz CT molecular complexity index is 404. The average molecular weight is 244 g/mol. The third kappa shape index (κ3) is 1.85. The number of ether oxygens (including phenoxy) is 1. The van der Waals surface area contributed by atoms with Gasteiger partial charge in [-0.05, 0) is 26.7 Å². The molecule has 1 aliphatic rings. The summed E-state index contributed by atoms with van der Waals surface area (Å²) < 4.78 is 7.22. The fraction of sp³-hybridized carbons (Fsp3) is 0.727. The molecule has 0 amide bonds. The maximum absolute atomic E-state index is 6.36. The minimum Gasteiger partial charge on any atom is -0.377 e. The molecule has 1 aliphatic heterocycles. The summed E-state index contributed by atoms with van der Waals surface area (Å²) in [5.74, 6) is 0. The largest absolute Gasteiger partial charge is 0.377 e. The fourth-order valence-corrected chi connectivity index (χ4v) is 2.47. The summed E-state index contributed by atoms with van der Waals surface area (Å²) in [5.41, 5.74) is 8.05. The van der Waals surface area contributed by atoms with Crippen molar-refractivity contribution in [2.75, 3.05) is 6.61 Å². The van der Waals surface area contributed by atoms with Gasteiger partial charge in [0, 0.05) is 24.8 Å². The molecule has 2 atom stereocenters. The quantitative estimate of drug-likeness (QED) is 0.855. The molecule has 2 heterocycles. The van der Waals surface area contributed by atoms with E-state index in [9.17, 15) is 0 Å². The third-order valence-corrected chi connectivity index (χ3v) is 3.99. The van der Waals surface area contributed by atoms with Crippen LogP contribution in [0, 0.1) is 6.92 Å². The smallest absolute Gasteiger partial charge is 0.130 e. The van der Waals surface area contributed by atoms with Crippen LogP contribution in [0.5, 0.6) is 0 Å². The maximum Gasteiger partial charge on any atom is 0.130 e. The second-order valence-electron chi connectivity index (χ2n) is 4.65. The van der Waals surface area contributed by atoms with E-state index in [4.69, 9.17) is 22.1 Å². The standard InChI is InChI=1S/C11H18ClN3O/c1-7-9(10(12)15(3)14-7)6-11(13)4-5-16-8(11)2/h8H,4-6,13H2,1-3H3. The third-order valence-electron chi connectivity index (χ3n) is 3.52. The molecule has 1 aromatic rings. The van der Waals surface area contributed by atoms with Crippen LogP contribution in [0.15, 0.2) is 0 Å². The first-order chi connectivity index (χ1) is 7.44. The van der Waals surface area contributed by atoms with Crippen molar-refractivity contribution in [3.8, 4) is 0 Å². The Morgan fingerprint density at radius 3 is 2.81 bits per heavy atom. The number of nitrogens with zero attached hydrogens (tertiary/aromatic N) is 2. The predicted molar refractivity (Wildman–Crippen MR) is 63.6 cm³/mol. The van der Waals surface area contributed by atoms with Crippen LogP contribution in [0.3, 0.4) is 0 Å². The molecule has 0 aromatic carbocycles. The van der Waals surface area contributed by atoms with Crippen molar-refractivity contribution in [1.29, 1.82) is 0 Å². The number of nitrogens with two attached hydrogens (primary N) is 1. The van der Waals surface area contributed by atoms with Crippen LogP contribution in [-0.2, 0) is 18.2 Å². The Hall–Kier alpha value is -0.580. The average Bonchev–Trinajstić information content (AvgIpc) is 2.64. The summed E-state index contributed by atoms with van der Waals surface area (Å²) in [7, 11) is 1.84. The van der Waals surface area contributed by atoms with E-state index in [1.54, 1.807) is 4.68 Å². The van der Waals surface area contributed by atoms with Crippen molar-refractivity contribution in [3.05, 3.63) is 16.4 Å². The first-order valence-electron chi connectivity index (χ1n) is 5.52. The van der Waals surface area contributed by atoms with Crippen molar-refractivity contribution >= 4 is 11.6 Å². The molecule has 90 valence electrons. The van der Waals surface area contributed by atoms with Gasteiger partial charge in [-0.1, -0.05) is 11.6 Å². The van der Waals surface area contributed by atoms with Gasteiger partial charge < -0.3 is 10.5 Å². The van der Waals surface area contributed by atoms with E-state index in [1.807, 2.05) is 20.9 Å². The lowest BCUT2D eigenvalue weighted by molar-refractivity contribution is 0.0955. The van der Waals surface area contributed by atoms with Crippen LogP contribution in [-0.4, -0.2) is 28.0 Å². The molecule has 4 nitrogen and oxygen atoms in total. The van der Waals surface area contributed by atoms with Crippen LogP contribution < -0.4 is 5.73 Å². The van der Waals surface area contributed by atoms with Crippen molar-refractivity contribution in [3.63, 3.8) is 0 Å². The van der Waals surface area contributed by atoms with E-state index in [0.29, 0.717) is 5.15 Å². The molecule has 1 saturated heterocycles. The topological polar surface area (TPSA) is 53.1 Å². The van der Waals surface area contributed by atoms with E-state index < -0.39 is 0 Å². The van der Waals surface area contributed by atoms with E-state index in [1.165, 1.54) is 0 Å². The molecular formula is C11H18ClN3O. The van der Waals surface area contributed by atoms with E-state index in [0.717, 1.165) is 30.7 Å². The van der Waals surface area contributed by atoms with Gasteiger partial charge in [-0.25, -0.2) is 0 Å². The van der Waals surface area contributed by atoms with E-state index >= 15 is 0 Å². The number of hydrogen-bond acceptors (Lipinski definition) is 3. The van der Waals surface area contributed by atoms with Gasteiger partial charge in [0.05, 0.1) is 11.8 Å². The zero-order valence-electron chi connectivity index (χ0n) is 9.96. The summed E-state index contributed by atoms with van der Waals surface area (Å²) >= 11 is 6.21. The summed E-state index contributed by atoms with van der Waals surface area (Å²) in [4.78, 5) is 0. The van der Waals surface area contributed by atoms with Crippen molar-refractivity contribution in [2.45, 2.75) is 38.3 Å². The number of halogens is 1. The molecule has 5 heteroatoms. The number of rotatable bonds is 2. The van der Waals surface area contributed by atoms with Crippen molar-refractivity contribution in [1.82, 2.24) is 9.78 Å². The summed E-state index contributed by atoms with van der Waals surface area (Å²) in [6, 6.07) is 0. The lowest BCUT2D eigenvalue weighted by Gasteiger charge is -2.27. The zero-order valence-corrected chi connectivity index (χ0v) is 10.7. The number of aryl methyl sites for hydroxylation is 2. The molecule has 0 spiro atoms. The minimum absolute atomic E-state index is 0.0724. The highest BCUT2D eigenvalue weighted by atomic mass is 35.5. The molecule has 0 radical (unpaired) electrons. The second-order valence-corrected chi connectivity index (χ2v) is 5.01. The molecule has 2 rings (SSSR count). The highest BCUT2D eigenvalue weighted by molar-refractivity contribution is 6.30. The zero-order chi connectivity index (χ0) is 11.9. The number of hydrogen-bond donors (Lipinski definition) is 1. The predicted octanol–water partition coefficient (Wildman–Crippen LogP) is 1.43. The van der Waals surface area contributed by atoms with Crippen LogP contribution in [0.2, 0.25) is 5.15 Å². The monoisotopic (exact) mass is 243 g/mol. The number of aromatic nitrogens is 2. The van der Waals surface area contributed by atoms with E-state index in [2.05, 4.69) is 5.10 Å². The fourth-order valence-electron chi connectivity index (χ4n) is 2.23. The van der Waals surface area contributed by atoms with Gasteiger partial charge in [-0.15, -0.1) is 0 Å². The molecule has 0 bridgehead atoms. The summed E-state index contributed by atoms with van der Waals surface area (Å²) in [6.45, 7) is 4.71. The van der Waals surface area contributed by atoms with Gasteiger partial charge >= 0.3 is 0 Å². The van der Waals surface area contributed by atoms with Crippen LogP contribution in [0.25, 0.3) is 0 Å². The van der Waals surface area contributed by atoms with Gasteiger partial charge in [0.1, 0.15) is 5.15 Å². The molecule has 1 fully saturated rings. The molecule has 16 heavy (non-hydrogen) atoms. The van der Waals surface area contributed by atoms with Gasteiger partial charge in [0.25, 0.3) is 0 Å². The van der Waals surface area contributed by atoms with Crippen LogP contribution in [0.1, 0.15) is 24.6 Å². The normalized spacial score (nSPS) is 29.9. The molecule has 0 aliphatic carbocycles. The second kappa shape index (κ2) is 4.02. The molecule has 2 unspecified atom stereocenters. The van der Waals surface area contributed by atoms with Gasteiger partial charge in [-0.3, -0.25) is 4.68 Å². The first-order valence-corrected chi connectivity index (χ1v) is 5.90. The van der Waals surface area contributed by atoms with Gasteiger partial charge in [-0.2, -0.15) is 5.10 Å². The Morgan fingerprint density at radius 1 is 1.69 bits per heavy atom. The van der Waals surface area contributed by atoms with Crippen molar-refractivity contribution < 1.29 is 4.74 Å². The maximum atomic E-state index is 6.36. The Balaban J connectivity index is 2.26. The lowest BCUT2D eigenvalue weighted by Crippen LogP contribution is -2.48. The Labute approximate surface area is 101 Å². The SMILES string of the molecule is Cc1nn(C)c(Cl)c1CC1(N)CCOC1C. The minimum atomic E-state index is -0.308. The molecule has 1 aromatic heterocycles. The first kappa shape index (κ1) is 11.9. The van der Waals surface area contributed by atoms with Gasteiger partial charge in [0.15, 0.2) is 0 Å². The highest BCUT2D eigenvalue weighted by Gasteiger charge is 2.39. The highest BCUT2D eigenvalue weighted by Crippen LogP contribution is 2.30. The van der Waals surface area contributed by atoms with Gasteiger partial charge in [0.2, 0.25) is 0 Å². The Morgan fingerprint density at radius 2 is 2.38 bits per heavy atom. The molecular weight excluding hydrogens is 226 g/mol. The van der Waals surface area contributed by atoms with Crippen LogP contribution in [0.4, 0.5) is 0 Å². The summed E-state index contributed by atoms with van der Waals surface area (Å²) in [5, 5.41) is 4.98. The molecule has 0 saturated carbocycles. The summed E-state index contributed by atoms with van der Waals surface area (Å²) in [6.07, 6.45) is 1.68. The molecule has 2 N–H and O–H groups in total. The van der Waals surface area contributed by atoms with Crippen molar-refractivity contribution in [2.24, 2.45) is 12.8 Å².